The number of aryl methyl sites for hydroxylation is 1. The van der Waals surface area contributed by atoms with Gasteiger partial charge in [0.05, 0.1) is 7.11 Å². The summed E-state index contributed by atoms with van der Waals surface area (Å²) in [6, 6.07) is 4.73. The van der Waals surface area contributed by atoms with Crippen molar-refractivity contribution in [3.63, 3.8) is 0 Å². The first-order chi connectivity index (χ1) is 9.01. The molecule has 0 aliphatic heterocycles. The first-order valence-electron chi connectivity index (χ1n) is 7.03. The number of hydrogen-bond donors (Lipinski definition) is 1. The molecule has 108 valence electrons. The molecular formula is C16H28N2O. The second kappa shape index (κ2) is 7.51. The normalized spacial score (nSPS) is 12.8. The molecule has 0 bridgehead atoms. The predicted molar refractivity (Wildman–Crippen MR) is 82.1 cm³/mol. The lowest BCUT2D eigenvalue weighted by molar-refractivity contribution is 0.351. The number of benzene rings is 1. The fourth-order valence-electron chi connectivity index (χ4n) is 2.36. The average Bonchev–Trinajstić information content (AvgIpc) is 2.37. The summed E-state index contributed by atoms with van der Waals surface area (Å²) in [4.78, 5) is 2.22. The topological polar surface area (TPSA) is 24.5 Å². The minimum atomic E-state index is 0.349. The highest BCUT2D eigenvalue weighted by Crippen LogP contribution is 2.32. The molecule has 0 saturated heterocycles. The Bertz CT molecular complexity index is 402. The molecule has 0 aliphatic rings. The molecule has 3 nitrogen and oxygen atoms in total. The Morgan fingerprint density at radius 1 is 1.26 bits per heavy atom. The Kier molecular flexibility index (Phi) is 6.32. The zero-order valence-electron chi connectivity index (χ0n) is 13.2. The van der Waals surface area contributed by atoms with Crippen LogP contribution in [0.5, 0.6) is 5.75 Å². The SMILES string of the molecule is CCNC(CCN(C)C)c1ccc(C)c(C)c1OC. The first kappa shape index (κ1) is 16.0. The van der Waals surface area contributed by atoms with E-state index >= 15 is 0 Å². The van der Waals surface area contributed by atoms with Gasteiger partial charge in [-0.3, -0.25) is 0 Å². The fraction of sp³-hybridized carbons (Fsp3) is 0.625. The molecule has 0 amide bonds. The van der Waals surface area contributed by atoms with E-state index in [1.807, 2.05) is 0 Å². The first-order valence-corrected chi connectivity index (χ1v) is 7.03. The Balaban J connectivity index is 3.04. The quantitative estimate of drug-likeness (QED) is 0.819. The standard InChI is InChI=1S/C16H28N2O/c1-7-17-15(10-11-18(4)5)14-9-8-12(2)13(3)16(14)19-6/h8-9,15,17H,7,10-11H2,1-6H3. The molecule has 1 N–H and O–H groups in total. The molecule has 1 aromatic carbocycles. The Morgan fingerprint density at radius 2 is 1.95 bits per heavy atom. The minimum absolute atomic E-state index is 0.349. The van der Waals surface area contributed by atoms with Crippen LogP contribution in [0, 0.1) is 13.8 Å². The Hall–Kier alpha value is -1.06. The fourth-order valence-corrected chi connectivity index (χ4v) is 2.36. The highest BCUT2D eigenvalue weighted by atomic mass is 16.5. The van der Waals surface area contributed by atoms with Gasteiger partial charge in [-0.25, -0.2) is 0 Å². The van der Waals surface area contributed by atoms with Crippen LogP contribution in [-0.2, 0) is 0 Å². The maximum absolute atomic E-state index is 5.64. The third kappa shape index (κ3) is 4.22. The van der Waals surface area contributed by atoms with Crippen molar-refractivity contribution in [2.24, 2.45) is 0 Å². The molecule has 19 heavy (non-hydrogen) atoms. The van der Waals surface area contributed by atoms with Crippen LogP contribution in [-0.4, -0.2) is 39.2 Å². The molecule has 0 aliphatic carbocycles. The molecule has 1 unspecified atom stereocenters. The maximum Gasteiger partial charge on any atom is 0.126 e. The van der Waals surface area contributed by atoms with Crippen LogP contribution in [0.4, 0.5) is 0 Å². The van der Waals surface area contributed by atoms with E-state index in [4.69, 9.17) is 4.74 Å². The lowest BCUT2D eigenvalue weighted by atomic mass is 9.97. The second-order valence-corrected chi connectivity index (χ2v) is 5.33. The summed E-state index contributed by atoms with van der Waals surface area (Å²) in [5.74, 6) is 1.03. The van der Waals surface area contributed by atoms with Gasteiger partial charge in [0.2, 0.25) is 0 Å². The third-order valence-electron chi connectivity index (χ3n) is 3.60. The minimum Gasteiger partial charge on any atom is -0.496 e. The number of nitrogens with one attached hydrogen (secondary N) is 1. The molecule has 0 radical (unpaired) electrons. The second-order valence-electron chi connectivity index (χ2n) is 5.33. The van der Waals surface area contributed by atoms with Crippen molar-refractivity contribution in [2.75, 3.05) is 34.3 Å². The number of methoxy groups -OCH3 is 1. The molecule has 0 aromatic heterocycles. The summed E-state index contributed by atoms with van der Waals surface area (Å²) in [5, 5.41) is 3.57. The van der Waals surface area contributed by atoms with Crippen LogP contribution < -0.4 is 10.1 Å². The van der Waals surface area contributed by atoms with Crippen LogP contribution in [0.1, 0.15) is 36.1 Å². The van der Waals surface area contributed by atoms with Gasteiger partial charge in [-0.05, 0) is 58.6 Å². The highest BCUT2D eigenvalue weighted by molar-refractivity contribution is 5.46. The van der Waals surface area contributed by atoms with E-state index in [2.05, 4.69) is 57.2 Å². The van der Waals surface area contributed by atoms with Gasteiger partial charge < -0.3 is 15.0 Å². The van der Waals surface area contributed by atoms with E-state index in [-0.39, 0.29) is 0 Å². The summed E-state index contributed by atoms with van der Waals surface area (Å²) in [5.41, 5.74) is 3.80. The van der Waals surface area contributed by atoms with E-state index in [1.165, 1.54) is 16.7 Å². The van der Waals surface area contributed by atoms with Crippen molar-refractivity contribution in [1.29, 1.82) is 0 Å². The van der Waals surface area contributed by atoms with Crippen LogP contribution >= 0.6 is 0 Å². The third-order valence-corrected chi connectivity index (χ3v) is 3.60. The maximum atomic E-state index is 5.64. The van der Waals surface area contributed by atoms with Crippen molar-refractivity contribution in [1.82, 2.24) is 10.2 Å². The van der Waals surface area contributed by atoms with Crippen LogP contribution in [0.3, 0.4) is 0 Å². The van der Waals surface area contributed by atoms with Gasteiger partial charge in [0.15, 0.2) is 0 Å². The summed E-state index contributed by atoms with van der Waals surface area (Å²) < 4.78 is 5.64. The molecule has 1 aromatic rings. The number of ether oxygens (including phenoxy) is 1. The summed E-state index contributed by atoms with van der Waals surface area (Å²) >= 11 is 0. The number of hydrogen-bond acceptors (Lipinski definition) is 3. The molecule has 0 heterocycles. The monoisotopic (exact) mass is 264 g/mol. The van der Waals surface area contributed by atoms with Gasteiger partial charge in [-0.1, -0.05) is 19.1 Å². The van der Waals surface area contributed by atoms with Crippen molar-refractivity contribution < 1.29 is 4.74 Å². The molecule has 3 heteroatoms. The smallest absolute Gasteiger partial charge is 0.126 e. The highest BCUT2D eigenvalue weighted by Gasteiger charge is 2.17. The van der Waals surface area contributed by atoms with Gasteiger partial charge in [0, 0.05) is 11.6 Å². The number of rotatable bonds is 7. The molecule has 0 saturated carbocycles. The van der Waals surface area contributed by atoms with Gasteiger partial charge in [-0.2, -0.15) is 0 Å². The van der Waals surface area contributed by atoms with E-state index < -0.39 is 0 Å². The van der Waals surface area contributed by atoms with E-state index in [9.17, 15) is 0 Å². The number of nitrogens with zero attached hydrogens (tertiary/aromatic N) is 1. The predicted octanol–water partition coefficient (Wildman–Crippen LogP) is 2.91. The molecule has 1 atom stereocenters. The summed E-state index contributed by atoms with van der Waals surface area (Å²) in [6.45, 7) is 8.44. The van der Waals surface area contributed by atoms with Crippen LogP contribution in [0.25, 0.3) is 0 Å². The van der Waals surface area contributed by atoms with Crippen molar-refractivity contribution in [3.8, 4) is 5.75 Å². The van der Waals surface area contributed by atoms with E-state index in [1.54, 1.807) is 7.11 Å². The van der Waals surface area contributed by atoms with Gasteiger partial charge in [0.1, 0.15) is 5.75 Å². The zero-order valence-corrected chi connectivity index (χ0v) is 13.2. The van der Waals surface area contributed by atoms with Gasteiger partial charge in [0.25, 0.3) is 0 Å². The molecule has 0 spiro atoms. The van der Waals surface area contributed by atoms with Gasteiger partial charge >= 0.3 is 0 Å². The summed E-state index contributed by atoms with van der Waals surface area (Å²) in [7, 11) is 5.99. The van der Waals surface area contributed by atoms with E-state index in [0.717, 1.165) is 25.3 Å². The van der Waals surface area contributed by atoms with Crippen molar-refractivity contribution in [2.45, 2.75) is 33.2 Å². The van der Waals surface area contributed by atoms with Crippen molar-refractivity contribution in [3.05, 3.63) is 28.8 Å². The largest absolute Gasteiger partial charge is 0.496 e. The van der Waals surface area contributed by atoms with Crippen LogP contribution in [0.2, 0.25) is 0 Å². The van der Waals surface area contributed by atoms with E-state index in [0.29, 0.717) is 6.04 Å². The van der Waals surface area contributed by atoms with Crippen molar-refractivity contribution >= 4 is 0 Å². The Labute approximate surface area is 118 Å². The molecular weight excluding hydrogens is 236 g/mol. The van der Waals surface area contributed by atoms with Gasteiger partial charge in [-0.15, -0.1) is 0 Å². The zero-order chi connectivity index (χ0) is 14.4. The van der Waals surface area contributed by atoms with Crippen LogP contribution in [0.15, 0.2) is 12.1 Å². The molecule has 0 fully saturated rings. The lowest BCUT2D eigenvalue weighted by Crippen LogP contribution is -2.26. The summed E-state index contributed by atoms with van der Waals surface area (Å²) in [6.07, 6.45) is 1.08. The lowest BCUT2D eigenvalue weighted by Gasteiger charge is -2.24. The molecule has 1 rings (SSSR count). The Morgan fingerprint density at radius 3 is 2.47 bits per heavy atom. The average molecular weight is 264 g/mol.